The van der Waals surface area contributed by atoms with Gasteiger partial charge in [-0.1, -0.05) is 12.5 Å². The van der Waals surface area contributed by atoms with Crippen molar-refractivity contribution in [3.8, 4) is 5.75 Å². The fourth-order valence-corrected chi connectivity index (χ4v) is 3.54. The maximum absolute atomic E-state index is 6.06. The molecule has 1 fully saturated rings. The molecule has 1 aromatic rings. The van der Waals surface area contributed by atoms with E-state index in [1.807, 2.05) is 0 Å². The topological polar surface area (TPSA) is 38.5 Å². The van der Waals surface area contributed by atoms with Crippen molar-refractivity contribution in [1.29, 1.82) is 0 Å². The minimum atomic E-state index is 0.231. The average molecular weight is 274 g/mol. The van der Waals surface area contributed by atoms with Gasteiger partial charge in [0.2, 0.25) is 0 Å². The maximum Gasteiger partial charge on any atom is 0.119 e. The zero-order chi connectivity index (χ0) is 13.9. The molecule has 1 aliphatic carbocycles. The lowest BCUT2D eigenvalue weighted by atomic mass is 10.0. The van der Waals surface area contributed by atoms with E-state index in [0.29, 0.717) is 6.04 Å². The first-order chi connectivity index (χ1) is 9.74. The Hall–Kier alpha value is -1.06. The van der Waals surface area contributed by atoms with Crippen LogP contribution in [0, 0.1) is 0 Å². The summed E-state index contributed by atoms with van der Waals surface area (Å²) in [4.78, 5) is 2.48. The normalized spacial score (nSPS) is 26.5. The lowest BCUT2D eigenvalue weighted by molar-refractivity contribution is 0.153. The monoisotopic (exact) mass is 274 g/mol. The second kappa shape index (κ2) is 6.15. The molecule has 2 aliphatic rings. The number of hydrogen-bond donors (Lipinski definition) is 1. The van der Waals surface area contributed by atoms with Gasteiger partial charge in [-0.15, -0.1) is 0 Å². The van der Waals surface area contributed by atoms with E-state index in [1.165, 1.54) is 36.9 Å². The maximum atomic E-state index is 6.06. The van der Waals surface area contributed by atoms with Crippen LogP contribution in [-0.4, -0.2) is 31.1 Å². The Morgan fingerprint density at radius 2 is 2.20 bits per heavy atom. The van der Waals surface area contributed by atoms with Crippen molar-refractivity contribution in [2.45, 2.75) is 50.6 Å². The van der Waals surface area contributed by atoms with E-state index in [-0.39, 0.29) is 6.04 Å². The number of ether oxygens (including phenoxy) is 1. The molecule has 20 heavy (non-hydrogen) atoms. The third-order valence-corrected chi connectivity index (χ3v) is 4.88. The number of likely N-dealkylation sites (tertiary alicyclic amines) is 1. The Morgan fingerprint density at radius 1 is 1.30 bits per heavy atom. The van der Waals surface area contributed by atoms with Crippen LogP contribution in [0.3, 0.4) is 0 Å². The molecule has 1 aliphatic heterocycles. The number of nitrogens with two attached hydrogens (primary N) is 1. The highest BCUT2D eigenvalue weighted by Gasteiger charge is 2.20. The predicted octanol–water partition coefficient (Wildman–Crippen LogP) is 2.89. The van der Waals surface area contributed by atoms with E-state index in [2.05, 4.69) is 30.1 Å². The number of aryl methyl sites for hydroxylation is 1. The summed E-state index contributed by atoms with van der Waals surface area (Å²) in [6, 6.07) is 7.35. The molecule has 2 atom stereocenters. The van der Waals surface area contributed by atoms with Gasteiger partial charge >= 0.3 is 0 Å². The van der Waals surface area contributed by atoms with Gasteiger partial charge in [-0.05, 0) is 69.0 Å². The van der Waals surface area contributed by atoms with E-state index < -0.39 is 0 Å². The van der Waals surface area contributed by atoms with Gasteiger partial charge in [0, 0.05) is 12.1 Å². The molecule has 1 aromatic carbocycles. The summed E-state index contributed by atoms with van der Waals surface area (Å²) >= 11 is 0. The highest BCUT2D eigenvalue weighted by Crippen LogP contribution is 2.32. The standard InChI is InChI=1S/C17H26N2O/c1-19-10-3-2-4-14(19)9-11-20-15-6-7-16-13(12-15)5-8-17(16)18/h6-7,12,14,17H,2-5,8-11,18H2,1H3/t14?,17-/m1/s1. The molecule has 3 heteroatoms. The second-order valence-electron chi connectivity index (χ2n) is 6.27. The van der Waals surface area contributed by atoms with Gasteiger partial charge in [0.05, 0.1) is 6.61 Å². The fraction of sp³-hybridized carbons (Fsp3) is 0.647. The number of piperidine rings is 1. The molecule has 3 nitrogen and oxygen atoms in total. The van der Waals surface area contributed by atoms with Gasteiger partial charge in [0.15, 0.2) is 0 Å². The molecule has 0 aromatic heterocycles. The Kier molecular flexibility index (Phi) is 4.27. The first-order valence-corrected chi connectivity index (χ1v) is 7.95. The molecule has 0 bridgehead atoms. The zero-order valence-corrected chi connectivity index (χ0v) is 12.5. The van der Waals surface area contributed by atoms with Crippen LogP contribution in [0.25, 0.3) is 0 Å². The van der Waals surface area contributed by atoms with Crippen molar-refractivity contribution >= 4 is 0 Å². The third-order valence-electron chi connectivity index (χ3n) is 4.88. The molecular formula is C17H26N2O. The van der Waals surface area contributed by atoms with Crippen LogP contribution in [0.2, 0.25) is 0 Å². The van der Waals surface area contributed by atoms with E-state index in [1.54, 1.807) is 0 Å². The van der Waals surface area contributed by atoms with Crippen molar-refractivity contribution in [2.24, 2.45) is 5.73 Å². The molecule has 0 amide bonds. The molecule has 0 radical (unpaired) electrons. The van der Waals surface area contributed by atoms with E-state index >= 15 is 0 Å². The van der Waals surface area contributed by atoms with Crippen molar-refractivity contribution in [1.82, 2.24) is 4.90 Å². The fourth-order valence-electron chi connectivity index (χ4n) is 3.54. The lowest BCUT2D eigenvalue weighted by Gasteiger charge is -2.32. The summed E-state index contributed by atoms with van der Waals surface area (Å²) < 4.78 is 5.95. The largest absolute Gasteiger partial charge is 0.494 e. The number of nitrogens with zero attached hydrogens (tertiary/aromatic N) is 1. The summed E-state index contributed by atoms with van der Waals surface area (Å²) in [5.74, 6) is 1.01. The van der Waals surface area contributed by atoms with Crippen molar-refractivity contribution in [3.63, 3.8) is 0 Å². The van der Waals surface area contributed by atoms with E-state index in [4.69, 9.17) is 10.5 Å². The van der Waals surface area contributed by atoms with Gasteiger partial charge in [-0.3, -0.25) is 0 Å². The molecule has 1 saturated heterocycles. The molecule has 1 unspecified atom stereocenters. The van der Waals surface area contributed by atoms with Gasteiger partial charge in [0.1, 0.15) is 5.75 Å². The van der Waals surface area contributed by atoms with Crippen LogP contribution in [0.4, 0.5) is 0 Å². The molecule has 2 N–H and O–H groups in total. The van der Waals surface area contributed by atoms with Crippen molar-refractivity contribution in [2.75, 3.05) is 20.2 Å². The minimum absolute atomic E-state index is 0.231. The summed E-state index contributed by atoms with van der Waals surface area (Å²) in [6.07, 6.45) is 7.33. The Labute approximate surface area is 122 Å². The quantitative estimate of drug-likeness (QED) is 0.917. The first-order valence-electron chi connectivity index (χ1n) is 7.95. The van der Waals surface area contributed by atoms with Gasteiger partial charge in [-0.25, -0.2) is 0 Å². The highest BCUT2D eigenvalue weighted by atomic mass is 16.5. The SMILES string of the molecule is CN1CCCCC1CCOc1ccc2c(c1)CC[C@H]2N. The van der Waals surface area contributed by atoms with Crippen molar-refractivity contribution < 1.29 is 4.74 Å². The third kappa shape index (κ3) is 2.99. The van der Waals surface area contributed by atoms with Crippen LogP contribution >= 0.6 is 0 Å². The molecule has 0 saturated carbocycles. The summed E-state index contributed by atoms with van der Waals surface area (Å²) in [7, 11) is 2.24. The first kappa shape index (κ1) is 13.9. The Bertz CT molecular complexity index is 460. The minimum Gasteiger partial charge on any atom is -0.494 e. The van der Waals surface area contributed by atoms with Crippen molar-refractivity contribution in [3.05, 3.63) is 29.3 Å². The predicted molar refractivity (Wildman–Crippen MR) is 82.1 cm³/mol. The van der Waals surface area contributed by atoms with Crippen LogP contribution in [0.1, 0.15) is 49.3 Å². The Balaban J connectivity index is 1.51. The van der Waals surface area contributed by atoms with Crippen LogP contribution in [-0.2, 0) is 6.42 Å². The lowest BCUT2D eigenvalue weighted by Crippen LogP contribution is -2.37. The number of benzene rings is 1. The van der Waals surface area contributed by atoms with Gasteiger partial charge in [-0.2, -0.15) is 0 Å². The smallest absolute Gasteiger partial charge is 0.119 e. The van der Waals surface area contributed by atoms with E-state index in [9.17, 15) is 0 Å². The van der Waals surface area contributed by atoms with Crippen LogP contribution < -0.4 is 10.5 Å². The highest BCUT2D eigenvalue weighted by molar-refractivity contribution is 5.40. The van der Waals surface area contributed by atoms with Crippen LogP contribution in [0.5, 0.6) is 5.75 Å². The second-order valence-corrected chi connectivity index (χ2v) is 6.27. The molecule has 110 valence electrons. The molecular weight excluding hydrogens is 248 g/mol. The summed E-state index contributed by atoms with van der Waals surface area (Å²) in [5.41, 5.74) is 8.75. The van der Waals surface area contributed by atoms with E-state index in [0.717, 1.165) is 31.6 Å². The molecule has 1 heterocycles. The number of rotatable bonds is 4. The zero-order valence-electron chi connectivity index (χ0n) is 12.5. The Morgan fingerprint density at radius 3 is 3.05 bits per heavy atom. The molecule has 0 spiro atoms. The van der Waals surface area contributed by atoms with Gasteiger partial charge < -0.3 is 15.4 Å². The van der Waals surface area contributed by atoms with Gasteiger partial charge in [0.25, 0.3) is 0 Å². The number of fused-ring (bicyclic) bond motifs is 1. The average Bonchev–Trinajstić information content (AvgIpc) is 2.82. The summed E-state index contributed by atoms with van der Waals surface area (Å²) in [6.45, 7) is 2.06. The van der Waals surface area contributed by atoms with Crippen LogP contribution in [0.15, 0.2) is 18.2 Å². The summed E-state index contributed by atoms with van der Waals surface area (Å²) in [5, 5.41) is 0. The number of hydrogen-bond acceptors (Lipinski definition) is 3. The molecule has 3 rings (SSSR count).